The zero-order chi connectivity index (χ0) is 15.9. The number of nitrogens with zero attached hydrogens (tertiary/aromatic N) is 1. The van der Waals surface area contributed by atoms with Crippen molar-refractivity contribution in [2.24, 2.45) is 5.41 Å². The number of rotatable bonds is 7. The fourth-order valence-electron chi connectivity index (χ4n) is 1.87. The van der Waals surface area contributed by atoms with Crippen molar-refractivity contribution in [3.05, 3.63) is 24.0 Å². The van der Waals surface area contributed by atoms with E-state index in [1.807, 2.05) is 20.8 Å². The van der Waals surface area contributed by atoms with Gasteiger partial charge in [0.1, 0.15) is 0 Å². The minimum Gasteiger partial charge on any atom is -0.481 e. The molecule has 0 aromatic carbocycles. The first-order chi connectivity index (χ1) is 9.80. The Morgan fingerprint density at radius 3 is 2.67 bits per heavy atom. The zero-order valence-electron chi connectivity index (χ0n) is 12.8. The van der Waals surface area contributed by atoms with Crippen molar-refractivity contribution >= 4 is 17.7 Å². The molecule has 3 N–H and O–H groups in total. The second kappa shape index (κ2) is 7.61. The topological polar surface area (TPSA) is 91.3 Å². The Morgan fingerprint density at radius 1 is 1.33 bits per heavy atom. The summed E-state index contributed by atoms with van der Waals surface area (Å²) in [6.45, 7) is 6.32. The number of urea groups is 1. The highest BCUT2D eigenvalue weighted by molar-refractivity contribution is 5.89. The lowest BCUT2D eigenvalue weighted by Crippen LogP contribution is -2.32. The predicted octanol–water partition coefficient (Wildman–Crippen LogP) is 2.79. The maximum Gasteiger partial charge on any atom is 0.319 e. The summed E-state index contributed by atoms with van der Waals surface area (Å²) >= 11 is 0. The molecule has 6 heteroatoms. The van der Waals surface area contributed by atoms with Crippen LogP contribution in [0.1, 0.15) is 38.8 Å². The molecule has 0 bridgehead atoms. The minimum absolute atomic E-state index is 0.115. The number of aromatic nitrogens is 1. The molecule has 1 rings (SSSR count). The standard InChI is InChI=1S/C15H23N3O3/c1-11-12(5-4-9-16-11)18-14(21)17-10-8-15(2,3)7-6-13(19)20/h4-5,9H,6-8,10H2,1-3H3,(H,19,20)(H2,17,18,21). The summed E-state index contributed by atoms with van der Waals surface area (Å²) in [4.78, 5) is 26.4. The van der Waals surface area contributed by atoms with Crippen LogP contribution >= 0.6 is 0 Å². The van der Waals surface area contributed by atoms with Crippen molar-refractivity contribution in [3.8, 4) is 0 Å². The predicted molar refractivity (Wildman–Crippen MR) is 81.3 cm³/mol. The maximum absolute atomic E-state index is 11.8. The first kappa shape index (κ1) is 16.9. The number of nitrogens with one attached hydrogen (secondary N) is 2. The van der Waals surface area contributed by atoms with Gasteiger partial charge in [0.05, 0.1) is 11.4 Å². The highest BCUT2D eigenvalue weighted by Crippen LogP contribution is 2.26. The zero-order valence-corrected chi connectivity index (χ0v) is 12.8. The molecule has 1 aromatic rings. The number of carboxylic acids is 1. The Bertz CT molecular complexity index is 501. The van der Waals surface area contributed by atoms with E-state index in [1.54, 1.807) is 18.3 Å². The van der Waals surface area contributed by atoms with Gasteiger partial charge in [-0.05, 0) is 37.3 Å². The average molecular weight is 293 g/mol. The van der Waals surface area contributed by atoms with Gasteiger partial charge in [0.2, 0.25) is 0 Å². The van der Waals surface area contributed by atoms with Gasteiger partial charge < -0.3 is 15.7 Å². The van der Waals surface area contributed by atoms with E-state index in [0.29, 0.717) is 18.7 Å². The fourth-order valence-corrected chi connectivity index (χ4v) is 1.87. The van der Waals surface area contributed by atoms with E-state index in [1.165, 1.54) is 0 Å². The molecule has 1 heterocycles. The van der Waals surface area contributed by atoms with Crippen LogP contribution in [0.3, 0.4) is 0 Å². The molecule has 21 heavy (non-hydrogen) atoms. The SMILES string of the molecule is Cc1ncccc1NC(=O)NCCC(C)(C)CCC(=O)O. The number of anilines is 1. The molecule has 0 saturated carbocycles. The third kappa shape index (κ3) is 6.74. The number of carboxylic acid groups (broad SMARTS) is 1. The number of pyridine rings is 1. The highest BCUT2D eigenvalue weighted by Gasteiger charge is 2.19. The second-order valence-electron chi connectivity index (χ2n) is 5.83. The molecule has 0 atom stereocenters. The summed E-state index contributed by atoms with van der Waals surface area (Å²) in [5, 5.41) is 14.2. The number of aliphatic carboxylic acids is 1. The largest absolute Gasteiger partial charge is 0.481 e. The van der Waals surface area contributed by atoms with Crippen LogP contribution in [0.4, 0.5) is 10.5 Å². The van der Waals surface area contributed by atoms with Gasteiger partial charge in [0.15, 0.2) is 0 Å². The van der Waals surface area contributed by atoms with Crippen LogP contribution in [0.5, 0.6) is 0 Å². The Balaban J connectivity index is 2.33. The van der Waals surface area contributed by atoms with E-state index in [9.17, 15) is 9.59 Å². The lowest BCUT2D eigenvalue weighted by atomic mass is 9.84. The van der Waals surface area contributed by atoms with E-state index >= 15 is 0 Å². The van der Waals surface area contributed by atoms with Gasteiger partial charge in [0.25, 0.3) is 0 Å². The van der Waals surface area contributed by atoms with Gasteiger partial charge in [-0.25, -0.2) is 4.79 Å². The number of aryl methyl sites for hydroxylation is 1. The summed E-state index contributed by atoms with van der Waals surface area (Å²) in [7, 11) is 0. The van der Waals surface area contributed by atoms with Gasteiger partial charge in [0, 0.05) is 19.2 Å². The highest BCUT2D eigenvalue weighted by atomic mass is 16.4. The third-order valence-corrected chi connectivity index (χ3v) is 3.36. The van der Waals surface area contributed by atoms with Gasteiger partial charge in [-0.1, -0.05) is 13.8 Å². The third-order valence-electron chi connectivity index (χ3n) is 3.36. The quantitative estimate of drug-likeness (QED) is 0.721. The van der Waals surface area contributed by atoms with Crippen molar-refractivity contribution in [3.63, 3.8) is 0 Å². The van der Waals surface area contributed by atoms with E-state index in [4.69, 9.17) is 5.11 Å². The summed E-state index contributed by atoms with van der Waals surface area (Å²) < 4.78 is 0. The van der Waals surface area contributed by atoms with Crippen molar-refractivity contribution in [1.29, 1.82) is 0 Å². The van der Waals surface area contributed by atoms with Gasteiger partial charge in [-0.3, -0.25) is 9.78 Å². The van der Waals surface area contributed by atoms with Crippen molar-refractivity contribution in [2.75, 3.05) is 11.9 Å². The molecule has 0 aliphatic rings. The van der Waals surface area contributed by atoms with Crippen LogP contribution in [0.2, 0.25) is 0 Å². The Hall–Kier alpha value is -2.11. The molecule has 0 saturated heterocycles. The van der Waals surface area contributed by atoms with Crippen LogP contribution in [0.15, 0.2) is 18.3 Å². The molecule has 116 valence electrons. The number of carbonyl (C=O) groups is 2. The van der Waals surface area contributed by atoms with Gasteiger partial charge in [-0.2, -0.15) is 0 Å². The molecule has 1 aromatic heterocycles. The number of carbonyl (C=O) groups excluding carboxylic acids is 1. The second-order valence-corrected chi connectivity index (χ2v) is 5.83. The lowest BCUT2D eigenvalue weighted by molar-refractivity contribution is -0.137. The number of hydrogen-bond acceptors (Lipinski definition) is 3. The fraction of sp³-hybridized carbons (Fsp3) is 0.533. The normalized spacial score (nSPS) is 11.0. The molecule has 0 spiro atoms. The molecule has 0 aliphatic carbocycles. The average Bonchev–Trinajstić information content (AvgIpc) is 2.39. The van der Waals surface area contributed by atoms with Gasteiger partial charge >= 0.3 is 12.0 Å². The smallest absolute Gasteiger partial charge is 0.319 e. The minimum atomic E-state index is -0.791. The van der Waals surface area contributed by atoms with Crippen LogP contribution < -0.4 is 10.6 Å². The molecule has 6 nitrogen and oxygen atoms in total. The van der Waals surface area contributed by atoms with Crippen LogP contribution in [0, 0.1) is 12.3 Å². The van der Waals surface area contributed by atoms with Crippen molar-refractivity contribution in [1.82, 2.24) is 10.3 Å². The van der Waals surface area contributed by atoms with E-state index in [2.05, 4.69) is 15.6 Å². The summed E-state index contributed by atoms with van der Waals surface area (Å²) in [5.74, 6) is -0.791. The molecule has 0 unspecified atom stereocenters. The Kier molecular flexibility index (Phi) is 6.14. The molecule has 0 fully saturated rings. The molecular formula is C15H23N3O3. The monoisotopic (exact) mass is 293 g/mol. The van der Waals surface area contributed by atoms with E-state index in [0.717, 1.165) is 12.1 Å². The van der Waals surface area contributed by atoms with Crippen molar-refractivity contribution in [2.45, 2.75) is 40.0 Å². The maximum atomic E-state index is 11.8. The van der Waals surface area contributed by atoms with Gasteiger partial charge in [-0.15, -0.1) is 0 Å². The molecule has 2 amide bonds. The lowest BCUT2D eigenvalue weighted by Gasteiger charge is -2.23. The number of amides is 2. The van der Waals surface area contributed by atoms with E-state index in [-0.39, 0.29) is 17.9 Å². The Labute approximate surface area is 125 Å². The van der Waals surface area contributed by atoms with Crippen LogP contribution in [-0.2, 0) is 4.79 Å². The first-order valence-electron chi connectivity index (χ1n) is 6.98. The summed E-state index contributed by atoms with van der Waals surface area (Å²) in [6, 6.07) is 3.27. The first-order valence-corrected chi connectivity index (χ1v) is 6.98. The molecular weight excluding hydrogens is 270 g/mol. The Morgan fingerprint density at radius 2 is 2.05 bits per heavy atom. The van der Waals surface area contributed by atoms with Crippen molar-refractivity contribution < 1.29 is 14.7 Å². The summed E-state index contributed by atoms with van der Waals surface area (Å²) in [6.07, 6.45) is 3.13. The number of hydrogen-bond donors (Lipinski definition) is 3. The molecule has 0 aliphatic heterocycles. The molecule has 0 radical (unpaired) electrons. The summed E-state index contributed by atoms with van der Waals surface area (Å²) in [5.41, 5.74) is 1.32. The van der Waals surface area contributed by atoms with Crippen LogP contribution in [0.25, 0.3) is 0 Å². The van der Waals surface area contributed by atoms with Crippen LogP contribution in [-0.4, -0.2) is 28.6 Å². The van der Waals surface area contributed by atoms with E-state index < -0.39 is 5.97 Å².